The van der Waals surface area contributed by atoms with E-state index in [0.29, 0.717) is 5.75 Å². The number of amides is 1. The number of nitrogens with one attached hydrogen (secondary N) is 1. The molecule has 0 aromatic heterocycles. The molecule has 126 valence electrons. The molecule has 0 fully saturated rings. The van der Waals surface area contributed by atoms with E-state index in [-0.39, 0.29) is 12.5 Å². The third kappa shape index (κ3) is 4.79. The van der Waals surface area contributed by atoms with E-state index in [1.54, 1.807) is 0 Å². The van der Waals surface area contributed by atoms with Gasteiger partial charge in [-0.2, -0.15) is 5.10 Å². The second-order valence-electron chi connectivity index (χ2n) is 5.54. The summed E-state index contributed by atoms with van der Waals surface area (Å²) in [5.41, 5.74) is 4.25. The molecule has 0 bridgehead atoms. The molecule has 0 heterocycles. The fraction of sp³-hybridized carbons (Fsp3) is 0.100. The van der Waals surface area contributed by atoms with Crippen molar-refractivity contribution in [3.8, 4) is 5.75 Å². The van der Waals surface area contributed by atoms with Gasteiger partial charge in [0.25, 0.3) is 5.91 Å². The smallest absolute Gasteiger partial charge is 0.277 e. The fourth-order valence-corrected chi connectivity index (χ4v) is 2.70. The van der Waals surface area contributed by atoms with E-state index in [2.05, 4.69) is 51.3 Å². The number of benzene rings is 3. The van der Waals surface area contributed by atoms with Crippen molar-refractivity contribution in [1.29, 1.82) is 0 Å². The summed E-state index contributed by atoms with van der Waals surface area (Å²) in [6, 6.07) is 21.8. The van der Waals surface area contributed by atoms with Crippen molar-refractivity contribution >= 4 is 45.0 Å². The van der Waals surface area contributed by atoms with Crippen molar-refractivity contribution in [2.45, 2.75) is 6.92 Å². The van der Waals surface area contributed by atoms with Crippen LogP contribution in [0.25, 0.3) is 10.8 Å². The molecular formula is C20H17IN2O2. The summed E-state index contributed by atoms with van der Waals surface area (Å²) in [7, 11) is 0. The minimum absolute atomic E-state index is 0.0743. The zero-order valence-corrected chi connectivity index (χ0v) is 15.9. The van der Waals surface area contributed by atoms with Gasteiger partial charge in [-0.1, -0.05) is 36.4 Å². The van der Waals surface area contributed by atoms with Crippen LogP contribution in [-0.4, -0.2) is 18.2 Å². The standard InChI is InChI=1S/C20H17IN2O2/c1-14(16-7-6-15-4-2-3-5-17(15)12-16)22-23-20(24)13-25-19-10-8-18(21)9-11-19/h2-12H,13H2,1H3,(H,23,24)/b22-14-. The number of halogens is 1. The van der Waals surface area contributed by atoms with Gasteiger partial charge < -0.3 is 4.74 Å². The summed E-state index contributed by atoms with van der Waals surface area (Å²) in [4.78, 5) is 11.9. The van der Waals surface area contributed by atoms with Crippen molar-refractivity contribution in [1.82, 2.24) is 5.43 Å². The lowest BCUT2D eigenvalue weighted by molar-refractivity contribution is -0.123. The second kappa shape index (κ2) is 8.11. The molecule has 3 aromatic rings. The van der Waals surface area contributed by atoms with Gasteiger partial charge in [-0.3, -0.25) is 4.79 Å². The van der Waals surface area contributed by atoms with Crippen LogP contribution in [0.5, 0.6) is 5.75 Å². The van der Waals surface area contributed by atoms with Gasteiger partial charge in [-0.05, 0) is 76.2 Å². The molecule has 4 nitrogen and oxygen atoms in total. The van der Waals surface area contributed by atoms with E-state index in [4.69, 9.17) is 4.74 Å². The van der Waals surface area contributed by atoms with Crippen molar-refractivity contribution in [2.24, 2.45) is 5.10 Å². The van der Waals surface area contributed by atoms with E-state index in [1.807, 2.05) is 55.5 Å². The summed E-state index contributed by atoms with van der Waals surface area (Å²) in [6.07, 6.45) is 0. The Labute approximate surface area is 160 Å². The SMILES string of the molecule is C/C(=N/NC(=O)COc1ccc(I)cc1)c1ccc2ccccc2c1. The molecule has 0 atom stereocenters. The van der Waals surface area contributed by atoms with Crippen molar-refractivity contribution in [2.75, 3.05) is 6.61 Å². The highest BCUT2D eigenvalue weighted by Crippen LogP contribution is 2.16. The predicted molar refractivity (Wildman–Crippen MR) is 109 cm³/mol. The first kappa shape index (κ1) is 17.4. The number of hydrogen-bond donors (Lipinski definition) is 1. The molecule has 3 rings (SSSR count). The Morgan fingerprint density at radius 1 is 1.04 bits per heavy atom. The number of fused-ring (bicyclic) bond motifs is 1. The number of ether oxygens (including phenoxy) is 1. The lowest BCUT2D eigenvalue weighted by Crippen LogP contribution is -2.25. The van der Waals surface area contributed by atoms with Crippen LogP contribution in [0.2, 0.25) is 0 Å². The molecule has 25 heavy (non-hydrogen) atoms. The first-order valence-electron chi connectivity index (χ1n) is 7.82. The Hall–Kier alpha value is -2.41. The summed E-state index contributed by atoms with van der Waals surface area (Å²) in [6.45, 7) is 1.79. The van der Waals surface area contributed by atoms with Gasteiger partial charge in [0.15, 0.2) is 6.61 Å². The largest absolute Gasteiger partial charge is 0.484 e. The Kier molecular flexibility index (Phi) is 5.65. The summed E-state index contributed by atoms with van der Waals surface area (Å²) < 4.78 is 6.55. The van der Waals surface area contributed by atoms with Crippen LogP contribution >= 0.6 is 22.6 Å². The van der Waals surface area contributed by atoms with E-state index >= 15 is 0 Å². The van der Waals surface area contributed by atoms with Crippen LogP contribution in [-0.2, 0) is 4.79 Å². The van der Waals surface area contributed by atoms with E-state index in [9.17, 15) is 4.79 Å². The van der Waals surface area contributed by atoms with Gasteiger partial charge in [-0.15, -0.1) is 0 Å². The first-order chi connectivity index (χ1) is 12.1. The van der Waals surface area contributed by atoms with Crippen molar-refractivity contribution in [3.63, 3.8) is 0 Å². The minimum Gasteiger partial charge on any atom is -0.484 e. The molecule has 1 N–H and O–H groups in total. The average molecular weight is 444 g/mol. The Bertz CT molecular complexity index is 920. The van der Waals surface area contributed by atoms with E-state index in [1.165, 1.54) is 5.39 Å². The third-order valence-corrected chi connectivity index (χ3v) is 4.42. The maximum Gasteiger partial charge on any atom is 0.277 e. The van der Waals surface area contributed by atoms with Gasteiger partial charge in [0.1, 0.15) is 5.75 Å². The minimum atomic E-state index is -0.293. The molecule has 1 amide bonds. The van der Waals surface area contributed by atoms with Crippen LogP contribution in [0.4, 0.5) is 0 Å². The van der Waals surface area contributed by atoms with E-state index in [0.717, 1.165) is 20.2 Å². The topological polar surface area (TPSA) is 50.7 Å². The van der Waals surface area contributed by atoms with Crippen LogP contribution < -0.4 is 10.2 Å². The highest BCUT2D eigenvalue weighted by Gasteiger charge is 2.04. The zero-order chi connectivity index (χ0) is 17.6. The average Bonchev–Trinajstić information content (AvgIpc) is 2.65. The molecule has 3 aromatic carbocycles. The zero-order valence-electron chi connectivity index (χ0n) is 13.7. The maximum atomic E-state index is 11.9. The highest BCUT2D eigenvalue weighted by atomic mass is 127. The van der Waals surface area contributed by atoms with Gasteiger partial charge in [0, 0.05) is 3.57 Å². The van der Waals surface area contributed by atoms with Gasteiger partial charge >= 0.3 is 0 Å². The molecule has 0 aliphatic rings. The van der Waals surface area contributed by atoms with Crippen LogP contribution in [0.1, 0.15) is 12.5 Å². The molecular weight excluding hydrogens is 427 g/mol. The Morgan fingerprint density at radius 2 is 1.76 bits per heavy atom. The van der Waals surface area contributed by atoms with Gasteiger partial charge in [-0.25, -0.2) is 5.43 Å². The molecule has 0 saturated heterocycles. The maximum absolute atomic E-state index is 11.9. The summed E-state index contributed by atoms with van der Waals surface area (Å²) >= 11 is 2.22. The predicted octanol–water partition coefficient (Wildman–Crippen LogP) is 4.36. The van der Waals surface area contributed by atoms with E-state index < -0.39 is 0 Å². The second-order valence-corrected chi connectivity index (χ2v) is 6.78. The summed E-state index contributed by atoms with van der Waals surface area (Å²) in [5.74, 6) is 0.365. The third-order valence-electron chi connectivity index (χ3n) is 3.70. The lowest BCUT2D eigenvalue weighted by atomic mass is 10.0. The molecule has 0 radical (unpaired) electrons. The number of rotatable bonds is 5. The summed E-state index contributed by atoms with van der Waals surface area (Å²) in [5, 5.41) is 6.48. The van der Waals surface area contributed by atoms with Crippen LogP contribution in [0.15, 0.2) is 71.8 Å². The monoisotopic (exact) mass is 444 g/mol. The molecule has 0 unspecified atom stereocenters. The quantitative estimate of drug-likeness (QED) is 0.361. The molecule has 0 aliphatic carbocycles. The Morgan fingerprint density at radius 3 is 2.52 bits per heavy atom. The van der Waals surface area contributed by atoms with Crippen molar-refractivity contribution < 1.29 is 9.53 Å². The van der Waals surface area contributed by atoms with Gasteiger partial charge in [0.2, 0.25) is 0 Å². The van der Waals surface area contributed by atoms with Crippen molar-refractivity contribution in [3.05, 3.63) is 75.9 Å². The van der Waals surface area contributed by atoms with Crippen LogP contribution in [0, 0.1) is 3.57 Å². The number of carbonyl (C=O) groups is 1. The number of hydrogen-bond acceptors (Lipinski definition) is 3. The number of nitrogens with zero attached hydrogens (tertiary/aromatic N) is 1. The highest BCUT2D eigenvalue weighted by molar-refractivity contribution is 14.1. The Balaban J connectivity index is 1.59. The lowest BCUT2D eigenvalue weighted by Gasteiger charge is -2.06. The molecule has 0 saturated carbocycles. The molecule has 5 heteroatoms. The van der Waals surface area contributed by atoms with Crippen LogP contribution in [0.3, 0.4) is 0 Å². The van der Waals surface area contributed by atoms with Gasteiger partial charge in [0.05, 0.1) is 5.71 Å². The number of carbonyl (C=O) groups excluding carboxylic acids is 1. The normalized spacial score (nSPS) is 11.4. The fourth-order valence-electron chi connectivity index (χ4n) is 2.34. The molecule has 0 aliphatic heterocycles. The number of hydrazone groups is 1. The first-order valence-corrected chi connectivity index (χ1v) is 8.90. The molecule has 0 spiro atoms.